The van der Waals surface area contributed by atoms with Gasteiger partial charge >= 0.3 is 0 Å². The van der Waals surface area contributed by atoms with E-state index in [0.717, 1.165) is 5.56 Å². The lowest BCUT2D eigenvalue weighted by Gasteiger charge is -2.50. The number of aliphatic hydroxyl groups excluding tert-OH is 24. The van der Waals surface area contributed by atoms with Crippen molar-refractivity contribution < 1.29 is 213 Å². The van der Waals surface area contributed by atoms with E-state index in [2.05, 4.69) is 0 Å². The van der Waals surface area contributed by atoms with Gasteiger partial charge in [-0.3, -0.25) is 0 Å². The van der Waals surface area contributed by atoms with Gasteiger partial charge in [0, 0.05) is 13.0 Å². The van der Waals surface area contributed by atoms with Gasteiger partial charge in [-0.05, 0) is 24.1 Å². The molecule has 0 spiro atoms. The maximum Gasteiger partial charge on any atom is 0.187 e. The van der Waals surface area contributed by atoms with Gasteiger partial charge in [0.2, 0.25) is 0 Å². The summed E-state index contributed by atoms with van der Waals surface area (Å²) in [6.45, 7) is -7.37. The molecule has 22 fully saturated rings. The fourth-order valence-electron chi connectivity index (χ4n) is 13.4. The molecule has 22 saturated heterocycles. The van der Waals surface area contributed by atoms with Gasteiger partial charge in [0.25, 0.3) is 0 Å². The van der Waals surface area contributed by atoms with Crippen molar-refractivity contribution >= 4 is 0 Å². The van der Waals surface area contributed by atoms with Gasteiger partial charge in [0.1, 0.15) is 201 Å². The Balaban J connectivity index is 0.836. The van der Waals surface area contributed by atoms with E-state index in [1.807, 2.05) is 0 Å². The van der Waals surface area contributed by atoms with E-state index in [4.69, 9.17) is 90.0 Å². The second kappa shape index (κ2) is 38.0. The lowest BCUT2D eigenvalue weighted by atomic mass is 9.95. The highest BCUT2D eigenvalue weighted by Crippen LogP contribution is 2.40. The van der Waals surface area contributed by atoms with Crippen LogP contribution in [0.1, 0.15) is 12.0 Å². The summed E-state index contributed by atoms with van der Waals surface area (Å²) in [6.07, 6.45) is -77.6. The molecule has 0 saturated carbocycles. The van der Waals surface area contributed by atoms with Gasteiger partial charge in [-0.2, -0.15) is 0 Å². The van der Waals surface area contributed by atoms with E-state index in [0.29, 0.717) is 12.2 Å². The molecule has 22 aliphatic rings. The third kappa shape index (κ3) is 18.6. The molecule has 22 heterocycles. The first-order chi connectivity index (χ1) is 49.8. The van der Waals surface area contributed by atoms with Crippen molar-refractivity contribution in [3.63, 3.8) is 0 Å². The number of hydrogen-bond donors (Lipinski definition) is 24. The Morgan fingerprint density at radius 2 is 0.548 bits per heavy atom. The molecule has 23 rings (SSSR count). The molecule has 43 heteroatoms. The normalized spacial score (nSPS) is 48.5. The van der Waals surface area contributed by atoms with Crippen LogP contribution >= 0.6 is 0 Å². The van der Waals surface area contributed by atoms with Crippen molar-refractivity contribution in [1.29, 1.82) is 0 Å². The van der Waals surface area contributed by atoms with Crippen LogP contribution < -0.4 is 4.74 Å². The summed E-state index contributed by atoms with van der Waals surface area (Å²) in [7, 11) is 0. The summed E-state index contributed by atoms with van der Waals surface area (Å²) in [6, 6.07) is 6.96. The molecule has 600 valence electrons. The third-order valence-corrected chi connectivity index (χ3v) is 19.4. The molecule has 1 aromatic rings. The fourth-order valence-corrected chi connectivity index (χ4v) is 13.4. The maximum absolute atomic E-state index is 11.9. The Hall–Kier alpha value is -2.66. The molecule has 0 amide bonds. The number of rotatable bonds is 21. The Labute approximate surface area is 591 Å². The van der Waals surface area contributed by atoms with Crippen molar-refractivity contribution in [2.45, 2.75) is 258 Å². The largest absolute Gasteiger partial charge is 0.494 e. The van der Waals surface area contributed by atoms with E-state index >= 15 is 0 Å². The Morgan fingerprint density at radius 1 is 0.250 bits per heavy atom. The van der Waals surface area contributed by atoms with E-state index in [9.17, 15) is 123 Å². The quantitative estimate of drug-likeness (QED) is 0.0508. The number of ether oxygens (including phenoxy) is 19. The van der Waals surface area contributed by atoms with Crippen LogP contribution in [0.2, 0.25) is 0 Å². The van der Waals surface area contributed by atoms with Crippen molar-refractivity contribution in [2.24, 2.45) is 0 Å². The SMILES string of the molecule is OC[C@H]1O[C@@H](OCCOCCc2ccc(OCCCOC[C@H]3O[C@@H]4O[C@H]5[C@H](O)[C@@H](O)[C@@H](O[C@H]6[C@H](O)[C@@H](O)[C@@H](O[C@H]7[C@H](O)[C@@H](O)[C@@H](O[C@H]8[C@H](O)[C@@H](O)[C@@H](O[C@H]9[C@H](O)[C@@H](O)[C@@H](O[C@H]%10[C@H](O)C(O)[C@@H](O[C@H]3[C@H](O)[C@H]4O)O[C@@H]%10CO)O[C@@H]9CO)O[C@@H]8CO)O[C@@H]7CO)O[C@@H]6CO)O[C@@H]5CO)cc2)[C@H](O)[C@@H](O)[C@H]1O. The number of aliphatic hydroxyl groups is 24. The van der Waals surface area contributed by atoms with Crippen LogP contribution in [-0.4, -0.2) is 454 Å². The van der Waals surface area contributed by atoms with Gasteiger partial charge in [0.05, 0.1) is 79.3 Å². The zero-order valence-corrected chi connectivity index (χ0v) is 55.5. The van der Waals surface area contributed by atoms with E-state index in [1.165, 1.54) is 0 Å². The number of benzene rings is 1. The van der Waals surface area contributed by atoms with Crippen molar-refractivity contribution in [3.05, 3.63) is 29.8 Å². The highest BCUT2D eigenvalue weighted by molar-refractivity contribution is 5.27. The van der Waals surface area contributed by atoms with Crippen LogP contribution in [0, 0.1) is 0 Å². The van der Waals surface area contributed by atoms with Gasteiger partial charge in [-0.1, -0.05) is 12.1 Å². The second-order valence-corrected chi connectivity index (χ2v) is 26.3. The van der Waals surface area contributed by atoms with E-state index in [1.54, 1.807) is 24.3 Å². The van der Waals surface area contributed by atoms with Crippen LogP contribution in [0.5, 0.6) is 5.75 Å². The van der Waals surface area contributed by atoms with Gasteiger partial charge in [-0.25, -0.2) is 0 Å². The molecule has 0 aromatic heterocycles. The lowest BCUT2D eigenvalue weighted by molar-refractivity contribution is -0.397. The molecule has 1 aromatic carbocycles. The molecule has 43 nitrogen and oxygen atoms in total. The molecule has 1 unspecified atom stereocenters. The predicted octanol–water partition coefficient (Wildman–Crippen LogP) is -15.4. The van der Waals surface area contributed by atoms with Crippen LogP contribution in [0.15, 0.2) is 24.3 Å². The van der Waals surface area contributed by atoms with Crippen molar-refractivity contribution in [3.8, 4) is 5.75 Å². The van der Waals surface area contributed by atoms with Crippen molar-refractivity contribution in [1.82, 2.24) is 0 Å². The summed E-state index contributed by atoms with van der Waals surface area (Å²) in [5, 5.41) is 265. The average Bonchev–Trinajstić information content (AvgIpc) is 0.777. The second-order valence-electron chi connectivity index (χ2n) is 26.3. The van der Waals surface area contributed by atoms with E-state index < -0.39 is 299 Å². The van der Waals surface area contributed by atoms with Gasteiger partial charge < -0.3 is 213 Å². The first-order valence-electron chi connectivity index (χ1n) is 34.0. The zero-order valence-electron chi connectivity index (χ0n) is 55.5. The Morgan fingerprint density at radius 3 is 0.856 bits per heavy atom. The molecule has 0 aliphatic carbocycles. The summed E-state index contributed by atoms with van der Waals surface area (Å²) in [5.74, 6) is 0.456. The van der Waals surface area contributed by atoms with Crippen LogP contribution in [0.4, 0.5) is 0 Å². The average molecular weight is 1520 g/mol. The first kappa shape index (κ1) is 83.8. The Kier molecular flexibility index (Phi) is 30.7. The minimum atomic E-state index is -2.25. The fraction of sp³-hybridized carbons (Fsp3) is 0.902. The first-order valence-corrected chi connectivity index (χ1v) is 34.0. The lowest BCUT2D eigenvalue weighted by Crippen LogP contribution is -2.68. The molecule has 104 heavy (non-hydrogen) atoms. The van der Waals surface area contributed by atoms with Crippen LogP contribution in [-0.2, 0) is 91.7 Å². The maximum atomic E-state index is 11.9. The van der Waals surface area contributed by atoms with Crippen molar-refractivity contribution in [2.75, 3.05) is 85.9 Å². The highest BCUT2D eigenvalue weighted by Gasteiger charge is 2.60. The standard InChI is InChI=1S/C61H98O43/c62-12-22-30(69)31(70)39(78)54(90-22)89-11-10-86-9-6-20-2-4-21(5-3-20)88-8-1-7-87-19-29-53-38(77)46(85)61(97-29)103-52-28(18-68)95-59(44(83)36(52)75)101-50-26(16-66)93-57(42(81)34(50)73)99-48-24(14-64)91-55(40(79)32(48)71)98-47-23(13-63)92-56(41(80)33(47)72)100-49-25(15-65)94-58(43(82)35(49)74)102-51-27(17-67)96-60(104-53)45(84)37(51)76/h2-5,22-85H,1,6-19H2/t22-,23-,24-,25-,26-,27-,28-,29-,30+,31+,32-,33-,34-,35-,36-,37-,38-,39-,40-,41-,42-,43-,44-,45?,46-,47-,48-,49-,50-,51-,52-,53-,54-,55-,56-,57-,58-,59-,60-,61-/m1/s1. The summed E-state index contributed by atoms with van der Waals surface area (Å²) >= 11 is 0. The predicted molar refractivity (Wildman–Crippen MR) is 323 cm³/mol. The Bertz CT molecular complexity index is 2670. The monoisotopic (exact) mass is 1520 g/mol. The molecule has 24 N–H and O–H groups in total. The number of hydrogen-bond acceptors (Lipinski definition) is 43. The third-order valence-electron chi connectivity index (χ3n) is 19.4. The highest BCUT2D eigenvalue weighted by atomic mass is 16.8. The van der Waals surface area contributed by atoms with Crippen LogP contribution in [0.25, 0.3) is 0 Å². The minimum Gasteiger partial charge on any atom is -0.494 e. The minimum absolute atomic E-state index is 0.0432. The summed E-state index contributed by atoms with van der Waals surface area (Å²) in [4.78, 5) is 0. The van der Waals surface area contributed by atoms with Gasteiger partial charge in [-0.15, -0.1) is 0 Å². The molecular formula is C61H98O43. The molecule has 40 atom stereocenters. The molecule has 22 aliphatic heterocycles. The van der Waals surface area contributed by atoms with Gasteiger partial charge in [0.15, 0.2) is 50.3 Å². The van der Waals surface area contributed by atoms with E-state index in [-0.39, 0.29) is 39.5 Å². The smallest absolute Gasteiger partial charge is 0.187 e. The van der Waals surface area contributed by atoms with Crippen LogP contribution in [0.3, 0.4) is 0 Å². The topological polar surface area (TPSA) is 661 Å². The zero-order chi connectivity index (χ0) is 75.1. The molecule has 0 radical (unpaired) electrons. The summed E-state index contributed by atoms with van der Waals surface area (Å²) in [5.41, 5.74) is 0.862. The molecule has 14 bridgehead atoms. The summed E-state index contributed by atoms with van der Waals surface area (Å²) < 4.78 is 110. The molecular weight excluding hydrogens is 1420 g/mol.